The standard InChI is InChI=1S/C10H13ClN2O2/c1-10(2,3)15-9(14)8-7(11)6(12)4-5-13-8/h4-5H,1-3H3,(H2,12,13). The fraction of sp³-hybridized carbons (Fsp3) is 0.400. The van der Waals surface area contributed by atoms with Crippen LogP contribution in [0.5, 0.6) is 0 Å². The third kappa shape index (κ3) is 3.09. The van der Waals surface area contributed by atoms with Crippen molar-refractivity contribution >= 4 is 23.3 Å². The Labute approximate surface area is 93.4 Å². The highest BCUT2D eigenvalue weighted by Gasteiger charge is 2.21. The summed E-state index contributed by atoms with van der Waals surface area (Å²) in [7, 11) is 0. The van der Waals surface area contributed by atoms with Crippen LogP contribution in [0.3, 0.4) is 0 Å². The average Bonchev–Trinajstić information content (AvgIpc) is 2.06. The predicted molar refractivity (Wildman–Crippen MR) is 58.8 cm³/mol. The zero-order chi connectivity index (χ0) is 11.6. The van der Waals surface area contributed by atoms with Crippen molar-refractivity contribution in [3.8, 4) is 0 Å². The van der Waals surface area contributed by atoms with E-state index >= 15 is 0 Å². The molecular weight excluding hydrogens is 216 g/mol. The number of nitrogens with two attached hydrogens (primary N) is 1. The van der Waals surface area contributed by atoms with Crippen molar-refractivity contribution in [1.29, 1.82) is 0 Å². The van der Waals surface area contributed by atoms with Crippen molar-refractivity contribution in [1.82, 2.24) is 4.98 Å². The van der Waals surface area contributed by atoms with E-state index in [0.29, 0.717) is 5.69 Å². The maximum atomic E-state index is 11.6. The average molecular weight is 229 g/mol. The molecular formula is C10H13ClN2O2. The van der Waals surface area contributed by atoms with Gasteiger partial charge >= 0.3 is 5.97 Å². The summed E-state index contributed by atoms with van der Waals surface area (Å²) in [6.07, 6.45) is 1.42. The van der Waals surface area contributed by atoms with Gasteiger partial charge < -0.3 is 10.5 Å². The monoisotopic (exact) mass is 228 g/mol. The van der Waals surface area contributed by atoms with E-state index in [2.05, 4.69) is 4.98 Å². The second-order valence-electron chi connectivity index (χ2n) is 4.06. The number of rotatable bonds is 1. The fourth-order valence-corrected chi connectivity index (χ4v) is 1.12. The van der Waals surface area contributed by atoms with Gasteiger partial charge in [-0.25, -0.2) is 9.78 Å². The lowest BCUT2D eigenvalue weighted by molar-refractivity contribution is 0.00632. The van der Waals surface area contributed by atoms with Crippen LogP contribution in [0.4, 0.5) is 5.69 Å². The van der Waals surface area contributed by atoms with Gasteiger partial charge in [0.2, 0.25) is 0 Å². The van der Waals surface area contributed by atoms with Gasteiger partial charge in [-0.05, 0) is 26.8 Å². The van der Waals surface area contributed by atoms with Crippen LogP contribution < -0.4 is 5.73 Å². The highest BCUT2D eigenvalue weighted by atomic mass is 35.5. The first-order valence-electron chi connectivity index (χ1n) is 4.44. The van der Waals surface area contributed by atoms with Crippen LogP contribution in [-0.4, -0.2) is 16.6 Å². The minimum Gasteiger partial charge on any atom is -0.455 e. The minimum atomic E-state index is -0.577. The first kappa shape index (κ1) is 11.8. The van der Waals surface area contributed by atoms with E-state index in [-0.39, 0.29) is 10.7 Å². The number of hydrogen-bond donors (Lipinski definition) is 1. The Kier molecular flexibility index (Phi) is 3.19. The molecule has 1 aromatic rings. The summed E-state index contributed by atoms with van der Waals surface area (Å²) in [6, 6.07) is 1.52. The number of nitrogens with zero attached hydrogens (tertiary/aromatic N) is 1. The second-order valence-corrected chi connectivity index (χ2v) is 4.44. The number of anilines is 1. The molecule has 0 unspecified atom stereocenters. The first-order chi connectivity index (χ1) is 6.81. The lowest BCUT2D eigenvalue weighted by Gasteiger charge is -2.19. The molecule has 1 aromatic heterocycles. The molecule has 1 rings (SSSR count). The number of carbonyl (C=O) groups is 1. The van der Waals surface area contributed by atoms with Gasteiger partial charge in [-0.1, -0.05) is 11.6 Å². The van der Waals surface area contributed by atoms with E-state index in [1.54, 1.807) is 20.8 Å². The van der Waals surface area contributed by atoms with E-state index in [0.717, 1.165) is 0 Å². The van der Waals surface area contributed by atoms with Crippen LogP contribution in [0.25, 0.3) is 0 Å². The SMILES string of the molecule is CC(C)(C)OC(=O)c1nccc(N)c1Cl. The highest BCUT2D eigenvalue weighted by molar-refractivity contribution is 6.35. The van der Waals surface area contributed by atoms with Crippen molar-refractivity contribution in [2.75, 3.05) is 5.73 Å². The first-order valence-corrected chi connectivity index (χ1v) is 4.82. The molecule has 0 radical (unpaired) electrons. The van der Waals surface area contributed by atoms with Crippen molar-refractivity contribution in [2.24, 2.45) is 0 Å². The van der Waals surface area contributed by atoms with E-state index < -0.39 is 11.6 Å². The van der Waals surface area contributed by atoms with Crippen LogP contribution in [0.2, 0.25) is 5.02 Å². The Balaban J connectivity index is 2.97. The van der Waals surface area contributed by atoms with Crippen LogP contribution in [0.15, 0.2) is 12.3 Å². The van der Waals surface area contributed by atoms with Gasteiger partial charge in [0, 0.05) is 6.20 Å². The van der Waals surface area contributed by atoms with E-state index in [4.69, 9.17) is 22.1 Å². The molecule has 1 heterocycles. The summed E-state index contributed by atoms with van der Waals surface area (Å²) in [4.78, 5) is 15.4. The van der Waals surface area contributed by atoms with Crippen LogP contribution in [0, 0.1) is 0 Å². The minimum absolute atomic E-state index is 0.0478. The number of esters is 1. The molecule has 0 atom stereocenters. The van der Waals surface area contributed by atoms with E-state index in [1.807, 2.05) is 0 Å². The Hall–Kier alpha value is -1.29. The van der Waals surface area contributed by atoms with Crippen molar-refractivity contribution in [3.63, 3.8) is 0 Å². The summed E-state index contributed by atoms with van der Waals surface area (Å²) in [5.41, 5.74) is 5.33. The molecule has 0 saturated carbocycles. The molecule has 0 aliphatic heterocycles. The van der Waals surface area contributed by atoms with Crippen LogP contribution in [-0.2, 0) is 4.74 Å². The second kappa shape index (κ2) is 4.06. The molecule has 0 fully saturated rings. The number of nitrogen functional groups attached to an aromatic ring is 1. The van der Waals surface area contributed by atoms with Gasteiger partial charge in [-0.15, -0.1) is 0 Å². The topological polar surface area (TPSA) is 65.2 Å². The summed E-state index contributed by atoms with van der Waals surface area (Å²) in [5.74, 6) is -0.570. The molecule has 0 amide bonds. The van der Waals surface area contributed by atoms with Gasteiger partial charge in [-0.2, -0.15) is 0 Å². The third-order valence-corrected chi connectivity index (χ3v) is 1.91. The number of halogens is 1. The van der Waals surface area contributed by atoms with Gasteiger partial charge in [0.15, 0.2) is 5.69 Å². The Morgan fingerprint density at radius 2 is 2.13 bits per heavy atom. The maximum Gasteiger partial charge on any atom is 0.359 e. The lowest BCUT2D eigenvalue weighted by atomic mass is 10.2. The Morgan fingerprint density at radius 3 is 2.67 bits per heavy atom. The molecule has 0 aliphatic rings. The predicted octanol–water partition coefficient (Wildman–Crippen LogP) is 2.27. The van der Waals surface area contributed by atoms with Gasteiger partial charge in [0.1, 0.15) is 5.60 Å². The Bertz CT molecular complexity index is 385. The highest BCUT2D eigenvalue weighted by Crippen LogP contribution is 2.23. The summed E-state index contributed by atoms with van der Waals surface area (Å²) in [5, 5.41) is 0.131. The number of carbonyl (C=O) groups excluding carboxylic acids is 1. The molecule has 0 aromatic carbocycles. The van der Waals surface area contributed by atoms with Crippen molar-refractivity contribution in [3.05, 3.63) is 23.0 Å². The number of ether oxygens (including phenoxy) is 1. The number of hydrogen-bond acceptors (Lipinski definition) is 4. The van der Waals surface area contributed by atoms with Gasteiger partial charge in [0.05, 0.1) is 10.7 Å². The molecule has 0 spiro atoms. The number of aromatic nitrogens is 1. The Morgan fingerprint density at radius 1 is 1.53 bits per heavy atom. The summed E-state index contributed by atoms with van der Waals surface area (Å²) >= 11 is 5.83. The molecule has 2 N–H and O–H groups in total. The molecule has 0 bridgehead atoms. The summed E-state index contributed by atoms with van der Waals surface area (Å²) in [6.45, 7) is 5.31. The van der Waals surface area contributed by atoms with Crippen molar-refractivity contribution < 1.29 is 9.53 Å². The summed E-state index contributed by atoms with van der Waals surface area (Å²) < 4.78 is 5.12. The zero-order valence-corrected chi connectivity index (χ0v) is 9.63. The zero-order valence-electron chi connectivity index (χ0n) is 8.87. The van der Waals surface area contributed by atoms with E-state index in [9.17, 15) is 4.79 Å². The lowest BCUT2D eigenvalue weighted by Crippen LogP contribution is -2.24. The van der Waals surface area contributed by atoms with Crippen LogP contribution >= 0.6 is 11.6 Å². The number of pyridine rings is 1. The quantitative estimate of drug-likeness (QED) is 0.749. The molecule has 0 saturated heterocycles. The van der Waals surface area contributed by atoms with Gasteiger partial charge in [-0.3, -0.25) is 0 Å². The molecule has 0 aliphatic carbocycles. The molecule has 15 heavy (non-hydrogen) atoms. The normalized spacial score (nSPS) is 11.2. The van der Waals surface area contributed by atoms with Crippen molar-refractivity contribution in [2.45, 2.75) is 26.4 Å². The fourth-order valence-electron chi connectivity index (χ4n) is 0.927. The van der Waals surface area contributed by atoms with Gasteiger partial charge in [0.25, 0.3) is 0 Å². The maximum absolute atomic E-state index is 11.6. The van der Waals surface area contributed by atoms with E-state index in [1.165, 1.54) is 12.3 Å². The smallest absolute Gasteiger partial charge is 0.359 e. The molecule has 5 heteroatoms. The molecule has 82 valence electrons. The largest absolute Gasteiger partial charge is 0.455 e. The third-order valence-electron chi connectivity index (χ3n) is 1.51. The van der Waals surface area contributed by atoms with Crippen LogP contribution in [0.1, 0.15) is 31.3 Å². The molecule has 4 nitrogen and oxygen atoms in total.